The van der Waals surface area contributed by atoms with Crippen molar-refractivity contribution in [3.05, 3.63) is 65.7 Å². The van der Waals surface area contributed by atoms with Crippen molar-refractivity contribution >= 4 is 5.91 Å². The Morgan fingerprint density at radius 1 is 1.08 bits per heavy atom. The van der Waals surface area contributed by atoms with Crippen LogP contribution >= 0.6 is 0 Å². The minimum Gasteiger partial charge on any atom is -0.493 e. The van der Waals surface area contributed by atoms with Gasteiger partial charge in [-0.3, -0.25) is 4.79 Å². The Morgan fingerprint density at radius 2 is 1.83 bits per heavy atom. The Bertz CT molecular complexity index is 722. The van der Waals surface area contributed by atoms with Crippen molar-refractivity contribution in [1.82, 2.24) is 5.32 Å². The van der Waals surface area contributed by atoms with Crippen LogP contribution in [-0.2, 0) is 16.6 Å². The van der Waals surface area contributed by atoms with Crippen molar-refractivity contribution in [3.63, 3.8) is 0 Å². The van der Waals surface area contributed by atoms with E-state index >= 15 is 0 Å². The molecule has 1 amide bonds. The molecule has 4 rings (SSSR count). The number of ether oxygens (including phenoxy) is 1. The fraction of sp³-hybridized carbons (Fsp3) is 0.381. The van der Waals surface area contributed by atoms with Gasteiger partial charge in [-0.1, -0.05) is 55.0 Å². The van der Waals surface area contributed by atoms with Crippen LogP contribution < -0.4 is 10.1 Å². The number of para-hydroxylation sites is 1. The third-order valence-corrected chi connectivity index (χ3v) is 5.48. The molecule has 0 aromatic heterocycles. The minimum absolute atomic E-state index is 0.179. The van der Waals surface area contributed by atoms with E-state index in [1.807, 2.05) is 36.4 Å². The van der Waals surface area contributed by atoms with Crippen molar-refractivity contribution in [3.8, 4) is 5.75 Å². The Labute approximate surface area is 143 Å². The average molecular weight is 321 g/mol. The summed E-state index contributed by atoms with van der Waals surface area (Å²) in [7, 11) is 0. The van der Waals surface area contributed by atoms with E-state index in [0.29, 0.717) is 19.1 Å². The lowest BCUT2D eigenvalue weighted by atomic mass is 9.64. The lowest BCUT2D eigenvalue weighted by molar-refractivity contribution is -0.130. The zero-order valence-electron chi connectivity index (χ0n) is 13.8. The number of fused-ring (bicyclic) bond motifs is 1. The molecule has 2 aromatic rings. The molecule has 1 saturated carbocycles. The molecule has 1 atom stereocenters. The summed E-state index contributed by atoms with van der Waals surface area (Å²) in [6.45, 7) is 1.36. The highest BCUT2D eigenvalue weighted by molar-refractivity contribution is 5.89. The molecule has 1 unspecified atom stereocenters. The number of hydrogen-bond donors (Lipinski definition) is 1. The van der Waals surface area contributed by atoms with Gasteiger partial charge in [0.1, 0.15) is 5.75 Å². The zero-order chi connectivity index (χ0) is 16.4. The smallest absolute Gasteiger partial charge is 0.230 e. The Kier molecular flexibility index (Phi) is 4.01. The third-order valence-electron chi connectivity index (χ3n) is 5.48. The van der Waals surface area contributed by atoms with Gasteiger partial charge in [0.25, 0.3) is 0 Å². The van der Waals surface area contributed by atoms with Crippen molar-refractivity contribution in [2.45, 2.75) is 31.1 Å². The summed E-state index contributed by atoms with van der Waals surface area (Å²) in [5.74, 6) is 1.51. The molecular weight excluding hydrogens is 298 g/mol. The zero-order valence-corrected chi connectivity index (χ0v) is 13.8. The summed E-state index contributed by atoms with van der Waals surface area (Å²) in [5.41, 5.74) is 2.08. The SMILES string of the molecule is O=C(NCC1COc2ccccc2C1)C1(c2ccccc2)CCC1. The molecule has 2 aromatic carbocycles. The maximum absolute atomic E-state index is 12.9. The molecule has 2 aliphatic rings. The first kappa shape index (κ1) is 15.3. The number of hydrogen-bond acceptors (Lipinski definition) is 2. The largest absolute Gasteiger partial charge is 0.493 e. The van der Waals surface area contributed by atoms with Crippen LogP contribution in [0.2, 0.25) is 0 Å². The maximum Gasteiger partial charge on any atom is 0.230 e. The molecule has 1 aliphatic carbocycles. The summed E-state index contributed by atoms with van der Waals surface area (Å²) in [5, 5.41) is 3.21. The van der Waals surface area contributed by atoms with Gasteiger partial charge in [0, 0.05) is 12.5 Å². The second-order valence-electron chi connectivity index (χ2n) is 7.00. The molecule has 3 heteroatoms. The van der Waals surface area contributed by atoms with Crippen LogP contribution in [0.3, 0.4) is 0 Å². The van der Waals surface area contributed by atoms with Crippen molar-refractivity contribution < 1.29 is 9.53 Å². The second-order valence-corrected chi connectivity index (χ2v) is 7.00. The molecule has 1 N–H and O–H groups in total. The standard InChI is InChI=1S/C21H23NO2/c23-20(21(11-6-12-21)18-8-2-1-3-9-18)22-14-16-13-17-7-4-5-10-19(17)24-15-16/h1-5,7-10,16H,6,11-15H2,(H,22,23). The molecule has 1 fully saturated rings. The van der Waals surface area contributed by atoms with Crippen molar-refractivity contribution in [2.75, 3.05) is 13.2 Å². The van der Waals surface area contributed by atoms with Crippen LogP contribution in [0.5, 0.6) is 5.75 Å². The van der Waals surface area contributed by atoms with Gasteiger partial charge in [-0.2, -0.15) is 0 Å². The fourth-order valence-corrected chi connectivity index (χ4v) is 3.86. The molecule has 0 bridgehead atoms. The number of carbonyl (C=O) groups is 1. The molecule has 24 heavy (non-hydrogen) atoms. The van der Waals surface area contributed by atoms with E-state index in [1.54, 1.807) is 0 Å². The van der Waals surface area contributed by atoms with Gasteiger partial charge < -0.3 is 10.1 Å². The number of rotatable bonds is 4. The van der Waals surface area contributed by atoms with Crippen LogP contribution in [-0.4, -0.2) is 19.1 Å². The van der Waals surface area contributed by atoms with Gasteiger partial charge >= 0.3 is 0 Å². The predicted molar refractivity (Wildman–Crippen MR) is 94.1 cm³/mol. The van der Waals surface area contributed by atoms with E-state index in [1.165, 1.54) is 5.56 Å². The van der Waals surface area contributed by atoms with E-state index in [2.05, 4.69) is 23.5 Å². The van der Waals surface area contributed by atoms with Crippen molar-refractivity contribution in [1.29, 1.82) is 0 Å². The number of nitrogens with one attached hydrogen (secondary N) is 1. The van der Waals surface area contributed by atoms with E-state index in [0.717, 1.165) is 37.0 Å². The maximum atomic E-state index is 12.9. The van der Waals surface area contributed by atoms with E-state index in [-0.39, 0.29) is 11.3 Å². The predicted octanol–water partition coefficient (Wildman–Crippen LogP) is 3.48. The topological polar surface area (TPSA) is 38.3 Å². The fourth-order valence-electron chi connectivity index (χ4n) is 3.86. The highest BCUT2D eigenvalue weighted by Gasteiger charge is 2.45. The molecule has 1 heterocycles. The molecule has 0 radical (unpaired) electrons. The first-order chi connectivity index (χ1) is 11.8. The van der Waals surface area contributed by atoms with Gasteiger partial charge in [0.2, 0.25) is 5.91 Å². The van der Waals surface area contributed by atoms with E-state index < -0.39 is 0 Å². The first-order valence-corrected chi connectivity index (χ1v) is 8.82. The lowest BCUT2D eigenvalue weighted by Crippen LogP contribution is -2.50. The summed E-state index contributed by atoms with van der Waals surface area (Å²) in [4.78, 5) is 12.9. The summed E-state index contributed by atoms with van der Waals surface area (Å²) in [6, 6.07) is 18.4. The minimum atomic E-state index is -0.311. The first-order valence-electron chi connectivity index (χ1n) is 8.82. The molecule has 1 aliphatic heterocycles. The molecular formula is C21H23NO2. The second kappa shape index (κ2) is 6.31. The number of carbonyl (C=O) groups excluding carboxylic acids is 1. The summed E-state index contributed by atoms with van der Waals surface area (Å²) in [6.07, 6.45) is 4.00. The van der Waals surface area contributed by atoms with Gasteiger partial charge in [-0.05, 0) is 36.5 Å². The molecule has 0 saturated heterocycles. The molecule has 3 nitrogen and oxygen atoms in total. The van der Waals surface area contributed by atoms with Crippen LogP contribution in [0.4, 0.5) is 0 Å². The van der Waals surface area contributed by atoms with Gasteiger partial charge in [0.05, 0.1) is 12.0 Å². The molecule has 124 valence electrons. The van der Waals surface area contributed by atoms with E-state index in [9.17, 15) is 4.79 Å². The quantitative estimate of drug-likeness (QED) is 0.936. The molecule has 0 spiro atoms. The van der Waals surface area contributed by atoms with Crippen LogP contribution in [0.1, 0.15) is 30.4 Å². The summed E-state index contributed by atoms with van der Waals surface area (Å²) < 4.78 is 5.83. The highest BCUT2D eigenvalue weighted by atomic mass is 16.5. The summed E-state index contributed by atoms with van der Waals surface area (Å²) >= 11 is 0. The lowest BCUT2D eigenvalue weighted by Gasteiger charge is -2.41. The normalized spacial score (nSPS) is 21.1. The number of amides is 1. The Morgan fingerprint density at radius 3 is 2.58 bits per heavy atom. The van der Waals surface area contributed by atoms with Crippen molar-refractivity contribution in [2.24, 2.45) is 5.92 Å². The average Bonchev–Trinajstić information content (AvgIpc) is 2.60. The Balaban J connectivity index is 1.40. The van der Waals surface area contributed by atoms with E-state index in [4.69, 9.17) is 4.74 Å². The highest BCUT2D eigenvalue weighted by Crippen LogP contribution is 2.43. The van der Waals surface area contributed by atoms with Crippen LogP contribution in [0.15, 0.2) is 54.6 Å². The van der Waals surface area contributed by atoms with Gasteiger partial charge in [-0.15, -0.1) is 0 Å². The Hall–Kier alpha value is -2.29. The third kappa shape index (κ3) is 2.68. The van der Waals surface area contributed by atoms with Crippen LogP contribution in [0.25, 0.3) is 0 Å². The van der Waals surface area contributed by atoms with Gasteiger partial charge in [0.15, 0.2) is 0 Å². The van der Waals surface area contributed by atoms with Crippen LogP contribution in [0, 0.1) is 5.92 Å². The van der Waals surface area contributed by atoms with Gasteiger partial charge in [-0.25, -0.2) is 0 Å². The monoisotopic (exact) mass is 321 g/mol. The number of benzene rings is 2.